The highest BCUT2D eigenvalue weighted by molar-refractivity contribution is 5.13. The monoisotopic (exact) mass is 235 g/mol. The minimum atomic E-state index is 0.0348. The van der Waals surface area contributed by atoms with Gasteiger partial charge in [0.2, 0.25) is 0 Å². The molecule has 0 amide bonds. The lowest BCUT2D eigenvalue weighted by molar-refractivity contribution is -0.0579. The van der Waals surface area contributed by atoms with Crippen LogP contribution in [0.3, 0.4) is 0 Å². The third-order valence-electron chi connectivity index (χ3n) is 3.36. The lowest BCUT2D eigenvalue weighted by Gasteiger charge is -2.35. The molecule has 0 saturated carbocycles. The van der Waals surface area contributed by atoms with Crippen molar-refractivity contribution in [1.29, 1.82) is 0 Å². The summed E-state index contributed by atoms with van der Waals surface area (Å²) in [6, 6.07) is 10.2. The maximum Gasteiger partial charge on any atom is 0.0717 e. The van der Waals surface area contributed by atoms with E-state index in [1.54, 1.807) is 0 Å². The van der Waals surface area contributed by atoms with Crippen LogP contribution in [0.1, 0.15) is 18.4 Å². The van der Waals surface area contributed by atoms with Crippen molar-refractivity contribution in [2.45, 2.75) is 19.4 Å². The van der Waals surface area contributed by atoms with Gasteiger partial charge in [-0.1, -0.05) is 30.3 Å². The van der Waals surface area contributed by atoms with Gasteiger partial charge >= 0.3 is 0 Å². The molecule has 1 unspecified atom stereocenters. The summed E-state index contributed by atoms with van der Waals surface area (Å²) in [7, 11) is 0. The molecule has 94 valence electrons. The molecule has 0 aromatic heterocycles. The van der Waals surface area contributed by atoms with Gasteiger partial charge in [0.1, 0.15) is 0 Å². The Bertz CT molecular complexity index is 320. The van der Waals surface area contributed by atoms with Crippen molar-refractivity contribution in [2.24, 2.45) is 11.1 Å². The van der Waals surface area contributed by atoms with Crippen LogP contribution in [0.5, 0.6) is 0 Å². The Labute approximate surface area is 103 Å². The summed E-state index contributed by atoms with van der Waals surface area (Å²) in [5, 5.41) is 0. The van der Waals surface area contributed by atoms with Crippen LogP contribution in [0, 0.1) is 5.41 Å². The highest BCUT2D eigenvalue weighted by atomic mass is 16.5. The van der Waals surface area contributed by atoms with E-state index in [2.05, 4.69) is 12.1 Å². The molecular weight excluding hydrogens is 214 g/mol. The van der Waals surface area contributed by atoms with Gasteiger partial charge in [0.15, 0.2) is 0 Å². The van der Waals surface area contributed by atoms with Crippen LogP contribution in [0.4, 0.5) is 0 Å². The van der Waals surface area contributed by atoms with Crippen LogP contribution >= 0.6 is 0 Å². The van der Waals surface area contributed by atoms with E-state index in [9.17, 15) is 0 Å². The summed E-state index contributed by atoms with van der Waals surface area (Å²) in [5.74, 6) is 0. The number of nitrogens with two attached hydrogens (primary N) is 1. The van der Waals surface area contributed by atoms with Gasteiger partial charge in [0.25, 0.3) is 0 Å². The van der Waals surface area contributed by atoms with Crippen molar-refractivity contribution in [3.63, 3.8) is 0 Å². The predicted octanol–water partition coefficient (Wildman–Crippen LogP) is 1.96. The third-order valence-corrected chi connectivity index (χ3v) is 3.36. The Kier molecular flexibility index (Phi) is 4.54. The molecule has 1 aromatic rings. The summed E-state index contributed by atoms with van der Waals surface area (Å²) in [6.45, 7) is 3.58. The molecule has 1 atom stereocenters. The standard InChI is InChI=1S/C14H21NO2/c15-10-14(7-4-8-16-11-14)12-17-9-13-5-2-1-3-6-13/h1-3,5-6H,4,7-12,15H2. The molecule has 1 saturated heterocycles. The van der Waals surface area contributed by atoms with E-state index in [-0.39, 0.29) is 5.41 Å². The molecule has 1 heterocycles. The van der Waals surface area contributed by atoms with Crippen LogP contribution in [0.25, 0.3) is 0 Å². The van der Waals surface area contributed by atoms with Crippen molar-refractivity contribution in [3.8, 4) is 0 Å². The van der Waals surface area contributed by atoms with Gasteiger partial charge in [-0.15, -0.1) is 0 Å². The number of hydrogen-bond acceptors (Lipinski definition) is 3. The first-order chi connectivity index (χ1) is 8.35. The second-order valence-corrected chi connectivity index (χ2v) is 4.84. The van der Waals surface area contributed by atoms with Gasteiger partial charge < -0.3 is 15.2 Å². The molecule has 1 fully saturated rings. The molecule has 1 aliphatic rings. The van der Waals surface area contributed by atoms with E-state index in [0.717, 1.165) is 26.1 Å². The van der Waals surface area contributed by atoms with E-state index in [1.807, 2.05) is 18.2 Å². The zero-order valence-electron chi connectivity index (χ0n) is 10.2. The minimum absolute atomic E-state index is 0.0348. The molecule has 0 aliphatic carbocycles. The molecule has 0 spiro atoms. The summed E-state index contributed by atoms with van der Waals surface area (Å²) in [5.41, 5.74) is 7.10. The quantitative estimate of drug-likeness (QED) is 0.848. The Morgan fingerprint density at radius 2 is 2.12 bits per heavy atom. The van der Waals surface area contributed by atoms with Gasteiger partial charge in [0.05, 0.1) is 19.8 Å². The van der Waals surface area contributed by atoms with E-state index in [1.165, 1.54) is 5.56 Å². The number of benzene rings is 1. The maximum absolute atomic E-state index is 5.86. The van der Waals surface area contributed by atoms with Crippen LogP contribution in [-0.4, -0.2) is 26.4 Å². The summed E-state index contributed by atoms with van der Waals surface area (Å²) >= 11 is 0. The molecule has 0 radical (unpaired) electrons. The second-order valence-electron chi connectivity index (χ2n) is 4.84. The van der Waals surface area contributed by atoms with Crippen molar-refractivity contribution < 1.29 is 9.47 Å². The third kappa shape index (κ3) is 3.53. The van der Waals surface area contributed by atoms with Gasteiger partial charge in [-0.3, -0.25) is 0 Å². The Morgan fingerprint density at radius 1 is 1.29 bits per heavy atom. The minimum Gasteiger partial charge on any atom is -0.381 e. The number of hydrogen-bond donors (Lipinski definition) is 1. The fourth-order valence-electron chi connectivity index (χ4n) is 2.20. The van der Waals surface area contributed by atoms with E-state index in [0.29, 0.717) is 19.8 Å². The first kappa shape index (κ1) is 12.6. The predicted molar refractivity (Wildman–Crippen MR) is 67.6 cm³/mol. The molecule has 2 rings (SSSR count). The fourth-order valence-corrected chi connectivity index (χ4v) is 2.20. The van der Waals surface area contributed by atoms with Crippen LogP contribution < -0.4 is 5.73 Å². The second kappa shape index (κ2) is 6.15. The van der Waals surface area contributed by atoms with Gasteiger partial charge in [-0.25, -0.2) is 0 Å². The number of ether oxygens (including phenoxy) is 2. The molecule has 1 aliphatic heterocycles. The zero-order valence-corrected chi connectivity index (χ0v) is 10.2. The Balaban J connectivity index is 1.80. The summed E-state index contributed by atoms with van der Waals surface area (Å²) in [6.07, 6.45) is 2.20. The van der Waals surface area contributed by atoms with Crippen LogP contribution in [-0.2, 0) is 16.1 Å². The van der Waals surface area contributed by atoms with E-state index < -0.39 is 0 Å². The van der Waals surface area contributed by atoms with Crippen molar-refractivity contribution >= 4 is 0 Å². The molecular formula is C14H21NO2. The first-order valence-electron chi connectivity index (χ1n) is 6.24. The van der Waals surface area contributed by atoms with Crippen molar-refractivity contribution in [3.05, 3.63) is 35.9 Å². The molecule has 0 bridgehead atoms. The fraction of sp³-hybridized carbons (Fsp3) is 0.571. The molecule has 3 heteroatoms. The average Bonchev–Trinajstić information content (AvgIpc) is 2.41. The smallest absolute Gasteiger partial charge is 0.0717 e. The SMILES string of the molecule is NCC1(COCc2ccccc2)CCCOC1. The normalized spacial score (nSPS) is 24.8. The van der Waals surface area contributed by atoms with Gasteiger partial charge in [-0.05, 0) is 18.4 Å². The Morgan fingerprint density at radius 3 is 2.76 bits per heavy atom. The summed E-state index contributed by atoms with van der Waals surface area (Å²) < 4.78 is 11.3. The maximum atomic E-state index is 5.86. The van der Waals surface area contributed by atoms with E-state index in [4.69, 9.17) is 15.2 Å². The molecule has 3 nitrogen and oxygen atoms in total. The van der Waals surface area contributed by atoms with Crippen LogP contribution in [0.2, 0.25) is 0 Å². The van der Waals surface area contributed by atoms with Gasteiger partial charge in [-0.2, -0.15) is 0 Å². The zero-order chi connectivity index (χ0) is 12.0. The highest BCUT2D eigenvalue weighted by Gasteiger charge is 2.31. The van der Waals surface area contributed by atoms with Gasteiger partial charge in [0, 0.05) is 18.6 Å². The Hall–Kier alpha value is -0.900. The summed E-state index contributed by atoms with van der Waals surface area (Å²) in [4.78, 5) is 0. The average molecular weight is 235 g/mol. The first-order valence-corrected chi connectivity index (χ1v) is 6.24. The molecule has 1 aromatic carbocycles. The highest BCUT2D eigenvalue weighted by Crippen LogP contribution is 2.28. The topological polar surface area (TPSA) is 44.5 Å². The van der Waals surface area contributed by atoms with Crippen molar-refractivity contribution in [1.82, 2.24) is 0 Å². The lowest BCUT2D eigenvalue weighted by atomic mass is 9.83. The van der Waals surface area contributed by atoms with E-state index >= 15 is 0 Å². The van der Waals surface area contributed by atoms with Crippen molar-refractivity contribution in [2.75, 3.05) is 26.4 Å². The molecule has 17 heavy (non-hydrogen) atoms. The molecule has 2 N–H and O–H groups in total. The number of rotatable bonds is 5. The van der Waals surface area contributed by atoms with Crippen LogP contribution in [0.15, 0.2) is 30.3 Å². The lowest BCUT2D eigenvalue weighted by Crippen LogP contribution is -2.42. The largest absolute Gasteiger partial charge is 0.381 e.